The predicted molar refractivity (Wildman–Crippen MR) is 105 cm³/mol. The van der Waals surface area contributed by atoms with Gasteiger partial charge in [0.25, 0.3) is 5.91 Å². The van der Waals surface area contributed by atoms with Crippen molar-refractivity contribution in [3.05, 3.63) is 48.4 Å². The molecule has 4 aromatic heterocycles. The van der Waals surface area contributed by atoms with Gasteiger partial charge in [0, 0.05) is 34.3 Å². The van der Waals surface area contributed by atoms with E-state index >= 15 is 0 Å². The Morgan fingerprint density at radius 2 is 2.22 bits per heavy atom. The number of carbonyl (C=O) groups is 1. The third-order valence-corrected chi connectivity index (χ3v) is 5.73. The van der Waals surface area contributed by atoms with Gasteiger partial charge >= 0.3 is 0 Å². The normalized spacial score (nSPS) is 20.6. The Kier molecular flexibility index (Phi) is 3.70. The first-order valence-corrected chi connectivity index (χ1v) is 9.33. The van der Waals surface area contributed by atoms with Crippen molar-refractivity contribution in [3.8, 4) is 0 Å². The van der Waals surface area contributed by atoms with Gasteiger partial charge in [0.05, 0.1) is 35.2 Å². The van der Waals surface area contributed by atoms with E-state index in [0.717, 1.165) is 41.9 Å². The summed E-state index contributed by atoms with van der Waals surface area (Å²) in [5.74, 6) is 1.71. The molecule has 8 heteroatoms. The molecule has 2 atom stereocenters. The Balaban J connectivity index is 0.00000120. The number of hydrogen-bond donors (Lipinski definition) is 2. The Bertz CT molecular complexity index is 1100. The minimum Gasteiger partial charge on any atom is -0.345 e. The first-order valence-electron chi connectivity index (χ1n) is 9.33. The molecule has 142 valence electrons. The van der Waals surface area contributed by atoms with Crippen LogP contribution in [0.15, 0.2) is 37.1 Å². The number of H-pyrrole nitrogens is 2. The van der Waals surface area contributed by atoms with E-state index in [1.807, 2.05) is 29.6 Å². The van der Waals surface area contributed by atoms with Crippen LogP contribution in [0.2, 0.25) is 0 Å². The number of likely N-dealkylation sites (tertiary alicyclic amines) is 1. The summed E-state index contributed by atoms with van der Waals surface area (Å²) in [5, 5.41) is 6.63. The van der Waals surface area contributed by atoms with E-state index in [9.17, 15) is 4.79 Å². The molecule has 5 heterocycles. The molecule has 8 nitrogen and oxygen atoms in total. The van der Waals surface area contributed by atoms with E-state index in [4.69, 9.17) is 4.98 Å². The van der Waals surface area contributed by atoms with Gasteiger partial charge in [0.2, 0.25) is 0 Å². The van der Waals surface area contributed by atoms with E-state index in [2.05, 4.69) is 31.5 Å². The molecule has 1 aliphatic heterocycles. The summed E-state index contributed by atoms with van der Waals surface area (Å²) in [7, 11) is 0. The first kappa shape index (κ1) is 16.0. The SMILES string of the molecule is CC[C@@H]1CCN(C(=O)c2cn[nH]c2)C[C@@H]1c1ncc2cnc3[nH]ccc3n12.[HH].[HH]. The lowest BCUT2D eigenvalue weighted by molar-refractivity contribution is 0.0652. The van der Waals surface area contributed by atoms with Gasteiger partial charge in [-0.3, -0.25) is 14.3 Å². The molecule has 0 spiro atoms. The van der Waals surface area contributed by atoms with Crippen LogP contribution in [0.25, 0.3) is 16.7 Å². The van der Waals surface area contributed by atoms with Crippen LogP contribution < -0.4 is 0 Å². The second-order valence-corrected chi connectivity index (χ2v) is 7.15. The summed E-state index contributed by atoms with van der Waals surface area (Å²) in [6, 6.07) is 2.03. The highest BCUT2D eigenvalue weighted by molar-refractivity contribution is 5.93. The van der Waals surface area contributed by atoms with Gasteiger partial charge in [-0.15, -0.1) is 0 Å². The van der Waals surface area contributed by atoms with E-state index in [-0.39, 0.29) is 14.7 Å². The van der Waals surface area contributed by atoms with E-state index in [1.165, 1.54) is 0 Å². The van der Waals surface area contributed by atoms with Crippen molar-refractivity contribution in [1.29, 1.82) is 0 Å². The number of nitrogens with one attached hydrogen (secondary N) is 2. The van der Waals surface area contributed by atoms with Crippen molar-refractivity contribution in [2.45, 2.75) is 25.7 Å². The number of rotatable bonds is 3. The van der Waals surface area contributed by atoms with Crippen LogP contribution in [0.3, 0.4) is 0 Å². The highest BCUT2D eigenvalue weighted by Gasteiger charge is 2.34. The molecule has 0 aliphatic carbocycles. The quantitative estimate of drug-likeness (QED) is 0.582. The zero-order valence-electron chi connectivity index (χ0n) is 15.1. The van der Waals surface area contributed by atoms with Crippen molar-refractivity contribution in [3.63, 3.8) is 0 Å². The fraction of sp³-hybridized carbons (Fsp3) is 0.368. The lowest BCUT2D eigenvalue weighted by atomic mass is 9.83. The summed E-state index contributed by atoms with van der Waals surface area (Å²) >= 11 is 0. The molecule has 1 fully saturated rings. The molecule has 0 radical (unpaired) electrons. The Morgan fingerprint density at radius 3 is 3.04 bits per heavy atom. The fourth-order valence-electron chi connectivity index (χ4n) is 4.28. The van der Waals surface area contributed by atoms with Gasteiger partial charge in [0.15, 0.2) is 5.65 Å². The molecule has 0 saturated carbocycles. The number of nitrogens with zero attached hydrogens (tertiary/aromatic N) is 5. The summed E-state index contributed by atoms with van der Waals surface area (Å²) in [6.07, 6.45) is 10.9. The molecule has 1 aliphatic rings. The number of piperidine rings is 1. The van der Waals surface area contributed by atoms with Crippen LogP contribution in [0, 0.1) is 5.92 Å². The van der Waals surface area contributed by atoms with Crippen molar-refractivity contribution >= 4 is 22.6 Å². The van der Waals surface area contributed by atoms with Crippen LogP contribution in [-0.2, 0) is 0 Å². The minimum absolute atomic E-state index is 0. The molecule has 4 aromatic rings. The molecule has 0 bridgehead atoms. The lowest BCUT2D eigenvalue weighted by Gasteiger charge is -2.37. The maximum absolute atomic E-state index is 12.8. The van der Waals surface area contributed by atoms with E-state index in [1.54, 1.807) is 12.4 Å². The number of carbonyl (C=O) groups excluding carboxylic acids is 1. The molecule has 0 unspecified atom stereocenters. The molecule has 5 rings (SSSR count). The molecular formula is C19H25N7O. The van der Waals surface area contributed by atoms with E-state index < -0.39 is 0 Å². The largest absolute Gasteiger partial charge is 0.345 e. The van der Waals surface area contributed by atoms with Gasteiger partial charge in [-0.1, -0.05) is 13.3 Å². The maximum Gasteiger partial charge on any atom is 0.257 e. The maximum atomic E-state index is 12.8. The van der Waals surface area contributed by atoms with E-state index in [0.29, 0.717) is 18.0 Å². The number of imidazole rings is 1. The highest BCUT2D eigenvalue weighted by Crippen LogP contribution is 2.35. The smallest absolute Gasteiger partial charge is 0.257 e. The van der Waals surface area contributed by atoms with Gasteiger partial charge in [-0.25, -0.2) is 9.97 Å². The number of aromatic nitrogens is 6. The zero-order chi connectivity index (χ0) is 18.4. The fourth-order valence-corrected chi connectivity index (χ4v) is 4.28. The summed E-state index contributed by atoms with van der Waals surface area (Å²) in [4.78, 5) is 27.1. The summed E-state index contributed by atoms with van der Waals surface area (Å²) in [5.41, 5.74) is 3.45. The molecule has 1 amide bonds. The monoisotopic (exact) mass is 367 g/mol. The average Bonchev–Trinajstić information content (AvgIpc) is 3.46. The molecule has 1 saturated heterocycles. The number of fused-ring (bicyclic) bond motifs is 3. The third kappa shape index (κ3) is 2.51. The Hall–Kier alpha value is -3.16. The Labute approximate surface area is 158 Å². The molecule has 0 aromatic carbocycles. The predicted octanol–water partition coefficient (Wildman–Crippen LogP) is 3.08. The second kappa shape index (κ2) is 6.22. The average molecular weight is 367 g/mol. The number of aromatic amines is 2. The van der Waals surface area contributed by atoms with Crippen LogP contribution >= 0.6 is 0 Å². The third-order valence-electron chi connectivity index (χ3n) is 5.73. The van der Waals surface area contributed by atoms with Crippen molar-refractivity contribution in [2.75, 3.05) is 13.1 Å². The van der Waals surface area contributed by atoms with Crippen molar-refractivity contribution in [1.82, 2.24) is 34.4 Å². The second-order valence-electron chi connectivity index (χ2n) is 7.15. The van der Waals surface area contributed by atoms with Crippen LogP contribution in [0.5, 0.6) is 0 Å². The Morgan fingerprint density at radius 1 is 1.33 bits per heavy atom. The van der Waals surface area contributed by atoms with Crippen LogP contribution in [0.4, 0.5) is 0 Å². The lowest BCUT2D eigenvalue weighted by Crippen LogP contribution is -2.43. The van der Waals surface area contributed by atoms with Crippen molar-refractivity contribution in [2.24, 2.45) is 5.92 Å². The van der Waals surface area contributed by atoms with Gasteiger partial charge in [-0.05, 0) is 18.4 Å². The van der Waals surface area contributed by atoms with Crippen LogP contribution in [-0.4, -0.2) is 53.4 Å². The van der Waals surface area contributed by atoms with Gasteiger partial charge in [0.1, 0.15) is 5.82 Å². The standard InChI is InChI=1S/C19H21N7O.2H2/c1-2-12-4-6-25(19(27)13-7-23-24-8-13)11-15(12)18-22-10-14-9-21-17-16(26(14)18)3-5-20-17;;/h3,5,7-10,12,15,20H,2,4,6,11H2,1H3,(H,23,24);2*1H/t12-,15+;;/m1../s1. The summed E-state index contributed by atoms with van der Waals surface area (Å²) < 4.78 is 2.18. The molecule has 2 N–H and O–H groups in total. The zero-order valence-corrected chi connectivity index (χ0v) is 15.1. The van der Waals surface area contributed by atoms with Crippen molar-refractivity contribution < 1.29 is 7.65 Å². The number of amides is 1. The van der Waals surface area contributed by atoms with Gasteiger partial charge < -0.3 is 9.88 Å². The summed E-state index contributed by atoms with van der Waals surface area (Å²) in [6.45, 7) is 3.65. The number of hydrogen-bond acceptors (Lipinski definition) is 4. The van der Waals surface area contributed by atoms with Gasteiger partial charge in [-0.2, -0.15) is 5.10 Å². The topological polar surface area (TPSA) is 95.0 Å². The molecular weight excluding hydrogens is 342 g/mol. The van der Waals surface area contributed by atoms with Crippen LogP contribution in [0.1, 0.15) is 44.7 Å². The minimum atomic E-state index is 0. The first-order chi connectivity index (χ1) is 13.3. The highest BCUT2D eigenvalue weighted by atomic mass is 16.2. The molecule has 27 heavy (non-hydrogen) atoms.